The number of aromatic nitrogens is 1. The first-order chi connectivity index (χ1) is 8.63. The van der Waals surface area contributed by atoms with Crippen molar-refractivity contribution in [1.82, 2.24) is 4.98 Å². The standard InChI is InChI=1S/C12H11N3O3/c1-3-8(4-2)13-12-14-10-6-5-9(15(16)17)7-11(10)18-12/h1,5-8H,4H2,2H3,(H,13,14). The molecule has 1 unspecified atom stereocenters. The first-order valence-corrected chi connectivity index (χ1v) is 5.41. The van der Waals surface area contributed by atoms with Gasteiger partial charge in [0.2, 0.25) is 0 Å². The number of fused-ring (bicyclic) bond motifs is 1. The summed E-state index contributed by atoms with van der Waals surface area (Å²) in [7, 11) is 0. The monoisotopic (exact) mass is 245 g/mol. The first kappa shape index (κ1) is 11.9. The minimum absolute atomic E-state index is 0.0332. The molecule has 0 saturated carbocycles. The Bertz CT molecular complexity index is 627. The van der Waals surface area contributed by atoms with Crippen molar-refractivity contribution < 1.29 is 9.34 Å². The second-order valence-corrected chi connectivity index (χ2v) is 3.70. The summed E-state index contributed by atoms with van der Waals surface area (Å²) in [6.45, 7) is 1.94. The number of nitro benzene ring substituents is 1. The highest BCUT2D eigenvalue weighted by Gasteiger charge is 2.12. The van der Waals surface area contributed by atoms with Crippen molar-refractivity contribution in [3.8, 4) is 12.3 Å². The fourth-order valence-corrected chi connectivity index (χ4v) is 1.50. The topological polar surface area (TPSA) is 81.2 Å². The third kappa shape index (κ3) is 2.25. The van der Waals surface area contributed by atoms with Gasteiger partial charge in [0.05, 0.1) is 17.0 Å². The van der Waals surface area contributed by atoms with E-state index in [4.69, 9.17) is 10.8 Å². The van der Waals surface area contributed by atoms with Crippen LogP contribution in [0.4, 0.5) is 11.7 Å². The molecule has 0 amide bonds. The van der Waals surface area contributed by atoms with E-state index in [2.05, 4.69) is 16.2 Å². The fourth-order valence-electron chi connectivity index (χ4n) is 1.50. The summed E-state index contributed by atoms with van der Waals surface area (Å²) in [6.07, 6.45) is 6.05. The molecule has 0 aliphatic carbocycles. The smallest absolute Gasteiger partial charge is 0.296 e. The molecular formula is C12H11N3O3. The molecule has 92 valence electrons. The van der Waals surface area contributed by atoms with Crippen molar-refractivity contribution in [3.63, 3.8) is 0 Å². The normalized spacial score (nSPS) is 12.0. The molecular weight excluding hydrogens is 234 g/mol. The Kier molecular flexibility index (Phi) is 3.15. The maximum atomic E-state index is 10.6. The molecule has 1 aromatic heterocycles. The maximum Gasteiger partial charge on any atom is 0.296 e. The molecule has 1 atom stereocenters. The summed E-state index contributed by atoms with van der Waals surface area (Å²) >= 11 is 0. The van der Waals surface area contributed by atoms with Crippen LogP contribution >= 0.6 is 0 Å². The van der Waals surface area contributed by atoms with E-state index in [1.165, 1.54) is 12.1 Å². The molecule has 0 saturated heterocycles. The van der Waals surface area contributed by atoms with Crippen molar-refractivity contribution in [2.45, 2.75) is 19.4 Å². The predicted molar refractivity (Wildman–Crippen MR) is 67.2 cm³/mol. The molecule has 1 heterocycles. The minimum atomic E-state index is -0.481. The maximum absolute atomic E-state index is 10.6. The van der Waals surface area contributed by atoms with Gasteiger partial charge in [-0.25, -0.2) is 0 Å². The molecule has 0 spiro atoms. The molecule has 6 heteroatoms. The van der Waals surface area contributed by atoms with Crippen LogP contribution in [0.1, 0.15) is 13.3 Å². The Balaban J connectivity index is 2.33. The van der Waals surface area contributed by atoms with Crippen LogP contribution in [0.15, 0.2) is 22.6 Å². The largest absolute Gasteiger partial charge is 0.423 e. The van der Waals surface area contributed by atoms with Gasteiger partial charge in [0.1, 0.15) is 5.52 Å². The van der Waals surface area contributed by atoms with Gasteiger partial charge < -0.3 is 9.73 Å². The van der Waals surface area contributed by atoms with E-state index in [1.807, 2.05) is 6.92 Å². The predicted octanol–water partition coefficient (Wildman–Crippen LogP) is 2.56. The second kappa shape index (κ2) is 4.75. The number of non-ortho nitro benzene ring substituents is 1. The van der Waals surface area contributed by atoms with E-state index in [0.29, 0.717) is 11.1 Å². The van der Waals surface area contributed by atoms with Crippen LogP contribution in [-0.2, 0) is 0 Å². The highest BCUT2D eigenvalue weighted by atomic mass is 16.6. The average molecular weight is 245 g/mol. The molecule has 1 aromatic carbocycles. The van der Waals surface area contributed by atoms with Gasteiger partial charge in [0.15, 0.2) is 5.58 Å². The SMILES string of the molecule is C#CC(CC)Nc1nc2ccc([N+](=O)[O-])cc2o1. The Morgan fingerprint density at radius 1 is 1.67 bits per heavy atom. The van der Waals surface area contributed by atoms with Crippen molar-refractivity contribution in [2.75, 3.05) is 5.32 Å². The minimum Gasteiger partial charge on any atom is -0.423 e. The van der Waals surface area contributed by atoms with Gasteiger partial charge in [-0.3, -0.25) is 10.1 Å². The lowest BCUT2D eigenvalue weighted by molar-refractivity contribution is -0.384. The van der Waals surface area contributed by atoms with Crippen molar-refractivity contribution in [1.29, 1.82) is 0 Å². The number of rotatable bonds is 4. The number of nitrogens with zero attached hydrogens (tertiary/aromatic N) is 2. The number of nitrogens with one attached hydrogen (secondary N) is 1. The summed E-state index contributed by atoms with van der Waals surface area (Å²) in [5.74, 6) is 2.55. The number of terminal acetylenes is 1. The van der Waals surface area contributed by atoms with E-state index < -0.39 is 4.92 Å². The van der Waals surface area contributed by atoms with Crippen LogP contribution < -0.4 is 5.32 Å². The fraction of sp³-hybridized carbons (Fsp3) is 0.250. The third-order valence-electron chi connectivity index (χ3n) is 2.49. The van der Waals surface area contributed by atoms with Crippen molar-refractivity contribution in [2.24, 2.45) is 0 Å². The van der Waals surface area contributed by atoms with Gasteiger partial charge in [0, 0.05) is 6.07 Å². The van der Waals surface area contributed by atoms with Crippen LogP contribution in [0.5, 0.6) is 0 Å². The van der Waals surface area contributed by atoms with Gasteiger partial charge in [-0.15, -0.1) is 6.42 Å². The summed E-state index contributed by atoms with van der Waals surface area (Å²) in [4.78, 5) is 14.3. The Morgan fingerprint density at radius 2 is 2.44 bits per heavy atom. The molecule has 0 aliphatic rings. The Hall–Kier alpha value is -2.55. The van der Waals surface area contributed by atoms with Crippen LogP contribution in [0.25, 0.3) is 11.1 Å². The molecule has 0 aliphatic heterocycles. The van der Waals surface area contributed by atoms with Gasteiger partial charge in [0.25, 0.3) is 11.7 Å². The summed E-state index contributed by atoms with van der Waals surface area (Å²) in [5.41, 5.74) is 0.878. The van der Waals surface area contributed by atoms with Gasteiger partial charge in [-0.1, -0.05) is 12.8 Å². The highest BCUT2D eigenvalue weighted by molar-refractivity contribution is 5.77. The number of hydrogen-bond acceptors (Lipinski definition) is 5. The third-order valence-corrected chi connectivity index (χ3v) is 2.49. The number of nitro groups is 1. The lowest BCUT2D eigenvalue weighted by Crippen LogP contribution is -2.15. The Morgan fingerprint density at radius 3 is 3.06 bits per heavy atom. The van der Waals surface area contributed by atoms with Gasteiger partial charge >= 0.3 is 0 Å². The quantitative estimate of drug-likeness (QED) is 0.508. The lowest BCUT2D eigenvalue weighted by atomic mass is 10.2. The molecule has 2 aromatic rings. The van der Waals surface area contributed by atoms with E-state index in [9.17, 15) is 10.1 Å². The number of hydrogen-bond donors (Lipinski definition) is 1. The van der Waals surface area contributed by atoms with Gasteiger partial charge in [-0.2, -0.15) is 4.98 Å². The molecule has 2 rings (SSSR count). The van der Waals surface area contributed by atoms with Crippen LogP contribution in [0.3, 0.4) is 0 Å². The van der Waals surface area contributed by atoms with Crippen LogP contribution in [-0.4, -0.2) is 15.9 Å². The van der Waals surface area contributed by atoms with E-state index >= 15 is 0 Å². The lowest BCUT2D eigenvalue weighted by Gasteiger charge is -2.06. The molecule has 0 radical (unpaired) electrons. The zero-order valence-corrected chi connectivity index (χ0v) is 9.71. The second-order valence-electron chi connectivity index (χ2n) is 3.70. The van der Waals surface area contributed by atoms with E-state index in [1.54, 1.807) is 6.07 Å². The van der Waals surface area contributed by atoms with Crippen molar-refractivity contribution >= 4 is 22.8 Å². The van der Waals surface area contributed by atoms with Crippen molar-refractivity contribution in [3.05, 3.63) is 28.3 Å². The zero-order valence-electron chi connectivity index (χ0n) is 9.71. The summed E-state index contributed by atoms with van der Waals surface area (Å²) < 4.78 is 5.37. The summed E-state index contributed by atoms with van der Waals surface area (Å²) in [6, 6.07) is 4.36. The number of oxazole rings is 1. The molecule has 6 nitrogen and oxygen atoms in total. The molecule has 0 fully saturated rings. The van der Waals surface area contributed by atoms with E-state index in [-0.39, 0.29) is 17.7 Å². The summed E-state index contributed by atoms with van der Waals surface area (Å²) in [5, 5.41) is 13.6. The number of anilines is 1. The molecule has 1 N–H and O–H groups in total. The highest BCUT2D eigenvalue weighted by Crippen LogP contribution is 2.24. The molecule has 18 heavy (non-hydrogen) atoms. The zero-order chi connectivity index (χ0) is 13.1. The van der Waals surface area contributed by atoms with Gasteiger partial charge in [-0.05, 0) is 12.5 Å². The Labute approximate surface area is 103 Å². The molecule has 0 bridgehead atoms. The van der Waals surface area contributed by atoms with Crippen LogP contribution in [0.2, 0.25) is 0 Å². The average Bonchev–Trinajstić information content (AvgIpc) is 2.76. The van der Waals surface area contributed by atoms with Crippen LogP contribution in [0, 0.1) is 22.5 Å². The van der Waals surface area contributed by atoms with E-state index in [0.717, 1.165) is 6.42 Å². The number of benzene rings is 1. The first-order valence-electron chi connectivity index (χ1n) is 5.41.